The highest BCUT2D eigenvalue weighted by molar-refractivity contribution is 7.89. The lowest BCUT2D eigenvalue weighted by Gasteiger charge is -2.31. The second-order valence-corrected chi connectivity index (χ2v) is 7.11. The Morgan fingerprint density at radius 3 is 2.43 bits per heavy atom. The molecule has 0 amide bonds. The molecular weight excluding hydrogens is 294 g/mol. The second-order valence-electron chi connectivity index (χ2n) is 5.17. The minimum absolute atomic E-state index is 0.0668. The standard InChI is InChI=1S/C13H19N3O4S/c1-10-9-12(3-4-13(10)16(17)18)21(19,20)15-7-5-11(14-2)6-8-15/h3-4,9,11,14H,5-8H2,1-2H3. The van der Waals surface area contributed by atoms with Crippen molar-refractivity contribution in [1.82, 2.24) is 9.62 Å². The van der Waals surface area contributed by atoms with E-state index in [1.165, 1.54) is 22.5 Å². The Hall–Kier alpha value is -1.51. The Morgan fingerprint density at radius 1 is 1.33 bits per heavy atom. The van der Waals surface area contributed by atoms with Crippen LogP contribution in [0.5, 0.6) is 0 Å². The molecular formula is C13H19N3O4S. The number of nitrogens with one attached hydrogen (secondary N) is 1. The maximum Gasteiger partial charge on any atom is 0.272 e. The molecule has 0 saturated carbocycles. The number of hydrogen-bond donors (Lipinski definition) is 1. The molecule has 1 aromatic rings. The van der Waals surface area contributed by atoms with Crippen molar-refractivity contribution in [3.05, 3.63) is 33.9 Å². The molecule has 1 aliphatic heterocycles. The van der Waals surface area contributed by atoms with Gasteiger partial charge >= 0.3 is 0 Å². The van der Waals surface area contributed by atoms with Gasteiger partial charge < -0.3 is 5.32 Å². The van der Waals surface area contributed by atoms with Crippen molar-refractivity contribution in [2.24, 2.45) is 0 Å². The Kier molecular flexibility index (Phi) is 4.60. The van der Waals surface area contributed by atoms with Gasteiger partial charge in [-0.15, -0.1) is 0 Å². The van der Waals surface area contributed by atoms with Gasteiger partial charge in [0.25, 0.3) is 5.69 Å². The van der Waals surface area contributed by atoms with Crippen molar-refractivity contribution in [2.45, 2.75) is 30.7 Å². The third-order valence-electron chi connectivity index (χ3n) is 3.86. The number of hydrogen-bond acceptors (Lipinski definition) is 5. The van der Waals surface area contributed by atoms with Crippen LogP contribution in [-0.4, -0.2) is 43.8 Å². The summed E-state index contributed by atoms with van der Waals surface area (Å²) < 4.78 is 26.5. The molecule has 1 N–H and O–H groups in total. The summed E-state index contributed by atoms with van der Waals surface area (Å²) in [5.74, 6) is 0. The lowest BCUT2D eigenvalue weighted by Crippen LogP contribution is -2.43. The van der Waals surface area contributed by atoms with Crippen molar-refractivity contribution in [3.63, 3.8) is 0 Å². The molecule has 1 aromatic carbocycles. The van der Waals surface area contributed by atoms with Gasteiger partial charge in [-0.2, -0.15) is 4.31 Å². The highest BCUT2D eigenvalue weighted by Gasteiger charge is 2.29. The van der Waals surface area contributed by atoms with Crippen molar-refractivity contribution in [1.29, 1.82) is 0 Å². The van der Waals surface area contributed by atoms with E-state index in [0.717, 1.165) is 12.8 Å². The molecule has 1 aliphatic rings. The zero-order valence-electron chi connectivity index (χ0n) is 12.1. The Balaban J connectivity index is 2.24. The normalized spacial score (nSPS) is 17.8. The van der Waals surface area contributed by atoms with Crippen molar-refractivity contribution in [3.8, 4) is 0 Å². The minimum atomic E-state index is -3.58. The number of aryl methyl sites for hydroxylation is 1. The van der Waals surface area contributed by atoms with E-state index in [-0.39, 0.29) is 10.6 Å². The molecule has 0 aliphatic carbocycles. The van der Waals surface area contributed by atoms with Crippen molar-refractivity contribution in [2.75, 3.05) is 20.1 Å². The molecule has 0 spiro atoms. The first kappa shape index (κ1) is 15.9. The molecule has 7 nitrogen and oxygen atoms in total. The summed E-state index contributed by atoms with van der Waals surface area (Å²) in [7, 11) is -1.71. The molecule has 0 radical (unpaired) electrons. The number of nitro benzene ring substituents is 1. The van der Waals surface area contributed by atoms with Gasteiger partial charge in [0, 0.05) is 30.8 Å². The van der Waals surface area contributed by atoms with Gasteiger partial charge in [0.2, 0.25) is 10.0 Å². The first-order chi connectivity index (χ1) is 9.86. The predicted octanol–water partition coefficient (Wildman–Crippen LogP) is 1.28. The zero-order chi connectivity index (χ0) is 15.6. The molecule has 2 rings (SSSR count). The fourth-order valence-electron chi connectivity index (χ4n) is 2.53. The molecule has 8 heteroatoms. The third kappa shape index (κ3) is 3.22. The van der Waals surface area contributed by atoms with Crippen LogP contribution in [0.1, 0.15) is 18.4 Å². The van der Waals surface area contributed by atoms with Crippen LogP contribution in [-0.2, 0) is 10.0 Å². The van der Waals surface area contributed by atoms with Crippen molar-refractivity contribution >= 4 is 15.7 Å². The molecule has 0 unspecified atom stereocenters. The second kappa shape index (κ2) is 6.08. The average molecular weight is 313 g/mol. The van der Waals surface area contributed by atoms with E-state index in [2.05, 4.69) is 5.32 Å². The number of piperidine rings is 1. The number of nitro groups is 1. The van der Waals surface area contributed by atoms with E-state index >= 15 is 0 Å². The molecule has 1 fully saturated rings. The SMILES string of the molecule is CNC1CCN(S(=O)(=O)c2ccc([N+](=O)[O-])c(C)c2)CC1. The summed E-state index contributed by atoms with van der Waals surface area (Å²) in [6.45, 7) is 2.47. The van der Waals surface area contributed by atoms with Crippen LogP contribution in [0, 0.1) is 17.0 Å². The van der Waals surface area contributed by atoms with Crippen LogP contribution >= 0.6 is 0 Å². The van der Waals surface area contributed by atoms with Gasteiger partial charge in [0.1, 0.15) is 0 Å². The minimum Gasteiger partial charge on any atom is -0.317 e. The van der Waals surface area contributed by atoms with Crippen LogP contribution in [0.25, 0.3) is 0 Å². The zero-order valence-corrected chi connectivity index (χ0v) is 12.9. The summed E-state index contributed by atoms with van der Waals surface area (Å²) in [6, 6.07) is 4.28. The fourth-order valence-corrected chi connectivity index (χ4v) is 4.08. The largest absolute Gasteiger partial charge is 0.317 e. The summed E-state index contributed by atoms with van der Waals surface area (Å²) in [6.07, 6.45) is 1.53. The number of benzene rings is 1. The smallest absolute Gasteiger partial charge is 0.272 e. The van der Waals surface area contributed by atoms with Gasteiger partial charge in [0.15, 0.2) is 0 Å². The average Bonchev–Trinajstić information content (AvgIpc) is 2.46. The molecule has 1 heterocycles. The summed E-state index contributed by atoms with van der Waals surface area (Å²) in [4.78, 5) is 10.4. The summed E-state index contributed by atoms with van der Waals surface area (Å²) in [5, 5.41) is 13.9. The van der Waals surface area contributed by atoms with E-state index in [9.17, 15) is 18.5 Å². The lowest BCUT2D eigenvalue weighted by atomic mass is 10.1. The van der Waals surface area contributed by atoms with Gasteiger partial charge in [-0.1, -0.05) is 0 Å². The molecule has 0 atom stereocenters. The molecule has 1 saturated heterocycles. The Morgan fingerprint density at radius 2 is 1.95 bits per heavy atom. The summed E-state index contributed by atoms with van der Waals surface area (Å²) >= 11 is 0. The van der Waals surface area contributed by atoms with E-state index < -0.39 is 14.9 Å². The quantitative estimate of drug-likeness (QED) is 0.667. The van der Waals surface area contributed by atoms with Crippen LogP contribution in [0.15, 0.2) is 23.1 Å². The monoisotopic (exact) mass is 313 g/mol. The van der Waals surface area contributed by atoms with E-state index in [1.54, 1.807) is 6.92 Å². The van der Waals surface area contributed by atoms with Gasteiger partial charge in [0.05, 0.1) is 9.82 Å². The first-order valence-corrected chi connectivity index (χ1v) is 8.22. The topological polar surface area (TPSA) is 92.6 Å². The fraction of sp³-hybridized carbons (Fsp3) is 0.538. The summed E-state index contributed by atoms with van der Waals surface area (Å²) in [5.41, 5.74) is 0.286. The Labute approximate surface area is 124 Å². The maximum atomic E-state index is 12.6. The van der Waals surface area contributed by atoms with E-state index in [0.29, 0.717) is 24.7 Å². The van der Waals surface area contributed by atoms with Gasteiger partial charge in [-0.25, -0.2) is 8.42 Å². The van der Waals surface area contributed by atoms with Gasteiger partial charge in [-0.3, -0.25) is 10.1 Å². The first-order valence-electron chi connectivity index (χ1n) is 6.78. The highest BCUT2D eigenvalue weighted by Crippen LogP contribution is 2.25. The molecule has 0 aromatic heterocycles. The van der Waals surface area contributed by atoms with E-state index in [1.807, 2.05) is 7.05 Å². The maximum absolute atomic E-state index is 12.6. The third-order valence-corrected chi connectivity index (χ3v) is 5.76. The van der Waals surface area contributed by atoms with Crippen LogP contribution in [0.2, 0.25) is 0 Å². The van der Waals surface area contributed by atoms with Crippen LogP contribution < -0.4 is 5.32 Å². The molecule has 21 heavy (non-hydrogen) atoms. The highest BCUT2D eigenvalue weighted by atomic mass is 32.2. The predicted molar refractivity (Wildman–Crippen MR) is 78.7 cm³/mol. The van der Waals surface area contributed by atoms with Gasteiger partial charge in [-0.05, 0) is 38.9 Å². The van der Waals surface area contributed by atoms with Crippen molar-refractivity contribution < 1.29 is 13.3 Å². The number of nitrogens with zero attached hydrogens (tertiary/aromatic N) is 2. The Bertz CT molecular complexity index is 637. The van der Waals surface area contributed by atoms with Crippen LogP contribution in [0.4, 0.5) is 5.69 Å². The lowest BCUT2D eigenvalue weighted by molar-refractivity contribution is -0.385. The molecule has 0 bridgehead atoms. The number of sulfonamides is 1. The molecule has 116 valence electrons. The van der Waals surface area contributed by atoms with E-state index in [4.69, 9.17) is 0 Å². The van der Waals surface area contributed by atoms with Crippen LogP contribution in [0.3, 0.4) is 0 Å². The number of rotatable bonds is 4.